The van der Waals surface area contributed by atoms with Crippen molar-refractivity contribution in [2.45, 2.75) is 177 Å². The zero-order chi connectivity index (χ0) is 32.9. The van der Waals surface area contributed by atoms with E-state index in [0.717, 1.165) is 76.4 Å². The summed E-state index contributed by atoms with van der Waals surface area (Å²) in [7, 11) is 0. The van der Waals surface area contributed by atoms with Gasteiger partial charge in [0.25, 0.3) is 0 Å². The fourth-order valence-corrected chi connectivity index (χ4v) is 23.8. The molecule has 16 aliphatic carbocycles. The number of hydrogen-bond acceptors (Lipinski definition) is 0. The molecule has 0 aromatic heterocycles. The quantitative estimate of drug-likeness (QED) is 0.285. The second-order valence-corrected chi connectivity index (χ2v) is 25.8. The van der Waals surface area contributed by atoms with E-state index in [1.165, 1.54) is 6.42 Å². The molecule has 0 heterocycles. The van der Waals surface area contributed by atoms with Gasteiger partial charge in [-0.05, 0) is 242 Å². The van der Waals surface area contributed by atoms with Crippen molar-refractivity contribution in [2.24, 2.45) is 120 Å². The van der Waals surface area contributed by atoms with Gasteiger partial charge in [0.2, 0.25) is 0 Å². The molecular weight excluding hydrogens is 577 g/mol. The fourth-order valence-electron chi connectivity index (χ4n) is 23.8. The lowest BCUT2D eigenvalue weighted by Crippen LogP contribution is -2.82. The zero-order valence-corrected chi connectivity index (χ0v) is 32.9. The van der Waals surface area contributed by atoms with E-state index < -0.39 is 0 Å². The molecule has 48 heavy (non-hydrogen) atoms. The highest BCUT2D eigenvalue weighted by Crippen LogP contribution is 2.93. The minimum Gasteiger partial charge on any atom is -0.0591 e. The monoisotopic (exact) mass is 651 g/mol. The van der Waals surface area contributed by atoms with Crippen molar-refractivity contribution in [1.82, 2.24) is 0 Å². The molecule has 16 bridgehead atoms. The van der Waals surface area contributed by atoms with E-state index in [1.54, 1.807) is 116 Å². The normalized spacial score (nSPS) is 67.0. The molecule has 16 saturated carbocycles. The van der Waals surface area contributed by atoms with E-state index in [2.05, 4.69) is 55.4 Å². The molecule has 0 nitrogen and oxygen atoms in total. The maximum Gasteiger partial charge on any atom is -0.0173 e. The zero-order valence-electron chi connectivity index (χ0n) is 32.9. The van der Waals surface area contributed by atoms with Crippen LogP contribution in [-0.2, 0) is 0 Å². The molecule has 0 aromatic carbocycles. The van der Waals surface area contributed by atoms with Crippen molar-refractivity contribution in [3.8, 4) is 0 Å². The highest BCUT2D eigenvalue weighted by atomic mass is 14.9. The van der Waals surface area contributed by atoms with Gasteiger partial charge in [-0.2, -0.15) is 0 Å². The summed E-state index contributed by atoms with van der Waals surface area (Å²) in [5.74, 6) is 13.0. The minimum absolute atomic E-state index is 0.383. The van der Waals surface area contributed by atoms with Crippen LogP contribution in [0.3, 0.4) is 0 Å². The Morgan fingerprint density at radius 2 is 0.854 bits per heavy atom. The van der Waals surface area contributed by atoms with E-state index in [4.69, 9.17) is 0 Å². The average Bonchev–Trinajstić information content (AvgIpc) is 2.96. The highest BCUT2D eigenvalue weighted by Gasteiger charge is 2.86. The molecule has 0 N–H and O–H groups in total. The van der Waals surface area contributed by atoms with Crippen LogP contribution in [0, 0.1) is 120 Å². The van der Waals surface area contributed by atoms with Gasteiger partial charge in [-0.3, -0.25) is 0 Å². The van der Waals surface area contributed by atoms with Crippen LogP contribution in [-0.4, -0.2) is 0 Å². The van der Waals surface area contributed by atoms with Gasteiger partial charge in [0.05, 0.1) is 0 Å². The third-order valence-corrected chi connectivity index (χ3v) is 24.7. The first-order valence-electron chi connectivity index (χ1n) is 22.5. The van der Waals surface area contributed by atoms with Crippen LogP contribution >= 0.6 is 0 Å². The Hall–Kier alpha value is 0. The first-order chi connectivity index (χ1) is 22.5. The molecule has 10 unspecified atom stereocenters. The summed E-state index contributed by atoms with van der Waals surface area (Å²) < 4.78 is 0. The van der Waals surface area contributed by atoms with Crippen LogP contribution in [0.25, 0.3) is 0 Å². The van der Waals surface area contributed by atoms with Crippen LogP contribution in [0.15, 0.2) is 0 Å². The summed E-state index contributed by atoms with van der Waals surface area (Å²) in [5.41, 5.74) is 4.72. The van der Waals surface area contributed by atoms with Gasteiger partial charge >= 0.3 is 0 Å². The van der Waals surface area contributed by atoms with Gasteiger partial charge in [-0.1, -0.05) is 55.4 Å². The molecule has 0 heteroatoms. The molecule has 0 saturated heterocycles. The van der Waals surface area contributed by atoms with Crippen molar-refractivity contribution in [1.29, 1.82) is 0 Å². The standard InChI is InChI=1S/C48H74/c1-40(2)37-25-43(7)41(3,4)44(40,8)27-48(26-37,42(43,5)6)47-23-33-13-34(24-47)17-36(16-33)39(47)46-21-31-12-32(22-46)15-35(14-31)38(46)45-18-28-9-29(19-45)11-30(10-28)20-45/h28-39H,9-27H2,1-8H3. The van der Waals surface area contributed by atoms with Crippen LogP contribution in [0.5, 0.6) is 0 Å². The Kier molecular flexibility index (Phi) is 5.31. The molecule has 16 fully saturated rings. The van der Waals surface area contributed by atoms with Crippen molar-refractivity contribution in [3.63, 3.8) is 0 Å². The third kappa shape index (κ3) is 2.91. The maximum atomic E-state index is 2.94. The van der Waals surface area contributed by atoms with Gasteiger partial charge in [0.1, 0.15) is 0 Å². The van der Waals surface area contributed by atoms with E-state index in [0.29, 0.717) is 43.3 Å². The van der Waals surface area contributed by atoms with Crippen molar-refractivity contribution < 1.29 is 0 Å². The van der Waals surface area contributed by atoms with Crippen molar-refractivity contribution in [2.75, 3.05) is 0 Å². The summed E-state index contributed by atoms with van der Waals surface area (Å²) >= 11 is 0. The molecule has 16 aliphatic rings. The number of rotatable bonds is 3. The smallest absolute Gasteiger partial charge is 0.0173 e. The summed E-state index contributed by atoms with van der Waals surface area (Å²) in [5, 5.41) is 0. The van der Waals surface area contributed by atoms with Gasteiger partial charge in [-0.25, -0.2) is 0 Å². The van der Waals surface area contributed by atoms with Gasteiger partial charge in [0, 0.05) is 0 Å². The van der Waals surface area contributed by atoms with Crippen molar-refractivity contribution in [3.05, 3.63) is 0 Å². The minimum atomic E-state index is 0.383. The largest absolute Gasteiger partial charge is 0.0591 e. The fraction of sp³-hybridized carbons (Fsp3) is 1.00. The van der Waals surface area contributed by atoms with Gasteiger partial charge in [-0.15, -0.1) is 0 Å². The summed E-state index contributed by atoms with van der Waals surface area (Å²) in [6.45, 7) is 22.8. The van der Waals surface area contributed by atoms with Crippen molar-refractivity contribution >= 4 is 0 Å². The summed E-state index contributed by atoms with van der Waals surface area (Å²) in [6, 6.07) is 0. The molecule has 0 amide bonds. The highest BCUT2D eigenvalue weighted by molar-refractivity contribution is 5.34. The lowest BCUT2D eigenvalue weighted by molar-refractivity contribution is -0.409. The molecule has 10 atom stereocenters. The predicted octanol–water partition coefficient (Wildman–Crippen LogP) is 13.0. The van der Waals surface area contributed by atoms with Crippen LogP contribution in [0.1, 0.15) is 177 Å². The Labute approximate surface area is 296 Å². The summed E-state index contributed by atoms with van der Waals surface area (Å²) in [6.07, 6.45) is 31.3. The number of hydrogen-bond donors (Lipinski definition) is 0. The SMILES string of the molecule is CC1(C)C2CC3(C)C(C)(C)C1(C)CC(C14CC5CC(CC(C5)C1C15CC6CC(CC(C6)C1C16CC7CC(CC(C7)C1)C6)C5)C4)(C2)C3(C)C. The molecule has 0 spiro atoms. The van der Waals surface area contributed by atoms with E-state index in [1.807, 2.05) is 0 Å². The van der Waals surface area contributed by atoms with Crippen LogP contribution in [0.2, 0.25) is 0 Å². The van der Waals surface area contributed by atoms with E-state index >= 15 is 0 Å². The topological polar surface area (TPSA) is 0 Å². The molecule has 0 radical (unpaired) electrons. The third-order valence-electron chi connectivity index (χ3n) is 24.7. The molecular formula is C48H74. The second kappa shape index (κ2) is 8.37. The van der Waals surface area contributed by atoms with Gasteiger partial charge < -0.3 is 0 Å². The van der Waals surface area contributed by atoms with Crippen LogP contribution < -0.4 is 0 Å². The maximum absolute atomic E-state index is 2.94. The van der Waals surface area contributed by atoms with Gasteiger partial charge in [0.15, 0.2) is 0 Å². The lowest BCUT2D eigenvalue weighted by Gasteiger charge is -2.89. The second-order valence-electron chi connectivity index (χ2n) is 25.8. The first kappa shape index (κ1) is 30.5. The Balaban J connectivity index is 1.09. The van der Waals surface area contributed by atoms with E-state index in [9.17, 15) is 0 Å². The first-order valence-corrected chi connectivity index (χ1v) is 22.5. The Bertz CT molecular complexity index is 1390. The molecule has 0 aliphatic heterocycles. The predicted molar refractivity (Wildman–Crippen MR) is 197 cm³/mol. The van der Waals surface area contributed by atoms with Crippen LogP contribution in [0.4, 0.5) is 0 Å². The molecule has 16 rings (SSSR count). The Morgan fingerprint density at radius 3 is 1.38 bits per heavy atom. The molecule has 266 valence electrons. The summed E-state index contributed by atoms with van der Waals surface area (Å²) in [4.78, 5) is 0. The Morgan fingerprint density at radius 1 is 0.396 bits per heavy atom. The molecule has 0 aromatic rings. The van der Waals surface area contributed by atoms with E-state index in [-0.39, 0.29) is 0 Å². The lowest BCUT2D eigenvalue weighted by atomic mass is 9.15. The average molecular weight is 651 g/mol.